The summed E-state index contributed by atoms with van der Waals surface area (Å²) in [6.45, 7) is 5.18. The quantitative estimate of drug-likeness (QED) is 0.486. The largest absolute Gasteiger partial charge is 0.492 e. The molecule has 33 heavy (non-hydrogen) atoms. The first-order valence-electron chi connectivity index (χ1n) is 11.8. The average Bonchev–Trinajstić information content (AvgIpc) is 3.34. The maximum atomic E-state index is 13.4. The van der Waals surface area contributed by atoms with Gasteiger partial charge in [-0.15, -0.1) is 0 Å². The molecule has 2 fully saturated rings. The summed E-state index contributed by atoms with van der Waals surface area (Å²) in [5, 5.41) is 0.402. The lowest BCUT2D eigenvalue weighted by molar-refractivity contribution is 0.0926. The van der Waals surface area contributed by atoms with E-state index in [-0.39, 0.29) is 17.5 Å². The Balaban J connectivity index is 1.41. The fraction of sp³-hybridized carbons (Fsp3) is 0.520. The van der Waals surface area contributed by atoms with Gasteiger partial charge in [0.15, 0.2) is 0 Å². The number of rotatable bonds is 10. The standard InChI is InChI=1S/C25H33ClN2O4S/c26-22-6-4-8-25(18-22)33(29,30)28(20-24-7-5-16-31-24)19-21-9-11-23(12-10-21)32-17-15-27-13-2-1-3-14-27/h4,6,8-12,18,24H,1-3,5,7,13-17,19-20H2. The highest BCUT2D eigenvalue weighted by molar-refractivity contribution is 7.89. The predicted octanol–water partition coefficient (Wildman–Crippen LogP) is 4.57. The minimum Gasteiger partial charge on any atom is -0.492 e. The van der Waals surface area contributed by atoms with Gasteiger partial charge >= 0.3 is 0 Å². The van der Waals surface area contributed by atoms with Gasteiger partial charge in [0.2, 0.25) is 10.0 Å². The first kappa shape index (κ1) is 24.5. The molecular formula is C25H33ClN2O4S. The van der Waals surface area contributed by atoms with Crippen molar-refractivity contribution in [3.05, 3.63) is 59.1 Å². The molecule has 0 spiro atoms. The number of nitrogens with zero attached hydrogens (tertiary/aromatic N) is 2. The number of piperidine rings is 1. The van der Waals surface area contributed by atoms with Gasteiger partial charge in [0.25, 0.3) is 0 Å². The highest BCUT2D eigenvalue weighted by atomic mass is 35.5. The van der Waals surface area contributed by atoms with Crippen molar-refractivity contribution in [3.63, 3.8) is 0 Å². The minimum atomic E-state index is -3.71. The van der Waals surface area contributed by atoms with Gasteiger partial charge in [-0.3, -0.25) is 4.90 Å². The fourth-order valence-electron chi connectivity index (χ4n) is 4.41. The maximum Gasteiger partial charge on any atom is 0.243 e. The van der Waals surface area contributed by atoms with Gasteiger partial charge in [-0.05, 0) is 74.7 Å². The van der Waals surface area contributed by atoms with Crippen molar-refractivity contribution in [1.29, 1.82) is 0 Å². The van der Waals surface area contributed by atoms with Crippen LogP contribution in [0.2, 0.25) is 5.02 Å². The van der Waals surface area contributed by atoms with Crippen LogP contribution >= 0.6 is 11.6 Å². The third-order valence-electron chi connectivity index (χ3n) is 6.27. The Morgan fingerprint density at radius 2 is 1.85 bits per heavy atom. The van der Waals surface area contributed by atoms with Crippen molar-refractivity contribution in [2.24, 2.45) is 0 Å². The fourth-order valence-corrected chi connectivity index (χ4v) is 6.17. The van der Waals surface area contributed by atoms with E-state index in [0.717, 1.165) is 43.8 Å². The normalized spacial score (nSPS) is 19.8. The molecule has 0 aliphatic carbocycles. The van der Waals surface area contributed by atoms with Crippen LogP contribution in [0.15, 0.2) is 53.4 Å². The smallest absolute Gasteiger partial charge is 0.243 e. The van der Waals surface area contributed by atoms with E-state index in [2.05, 4.69) is 4.90 Å². The van der Waals surface area contributed by atoms with Gasteiger partial charge in [-0.25, -0.2) is 8.42 Å². The van der Waals surface area contributed by atoms with Crippen LogP contribution in [-0.4, -0.2) is 63.1 Å². The van der Waals surface area contributed by atoms with Gasteiger partial charge < -0.3 is 9.47 Å². The predicted molar refractivity (Wildman–Crippen MR) is 130 cm³/mol. The second-order valence-corrected chi connectivity index (χ2v) is 11.2. The van der Waals surface area contributed by atoms with Crippen LogP contribution in [0.1, 0.15) is 37.7 Å². The summed E-state index contributed by atoms with van der Waals surface area (Å²) in [5.41, 5.74) is 0.905. The summed E-state index contributed by atoms with van der Waals surface area (Å²) >= 11 is 6.07. The number of likely N-dealkylation sites (tertiary alicyclic amines) is 1. The van der Waals surface area contributed by atoms with E-state index < -0.39 is 10.0 Å². The number of halogens is 1. The first-order valence-corrected chi connectivity index (χ1v) is 13.6. The Morgan fingerprint density at radius 3 is 2.55 bits per heavy atom. The van der Waals surface area contributed by atoms with Gasteiger partial charge in [-0.1, -0.05) is 36.2 Å². The zero-order valence-electron chi connectivity index (χ0n) is 19.0. The molecule has 2 aromatic carbocycles. The third kappa shape index (κ3) is 6.93. The van der Waals surface area contributed by atoms with E-state index in [1.807, 2.05) is 24.3 Å². The molecule has 1 unspecified atom stereocenters. The zero-order chi connectivity index (χ0) is 23.1. The van der Waals surface area contributed by atoms with E-state index in [1.54, 1.807) is 18.2 Å². The number of benzene rings is 2. The van der Waals surface area contributed by atoms with E-state index in [1.165, 1.54) is 29.6 Å². The second-order valence-electron chi connectivity index (χ2n) is 8.78. The summed E-state index contributed by atoms with van der Waals surface area (Å²) in [4.78, 5) is 2.65. The Hall–Kier alpha value is -1.64. The summed E-state index contributed by atoms with van der Waals surface area (Å²) < 4.78 is 40.0. The summed E-state index contributed by atoms with van der Waals surface area (Å²) in [5.74, 6) is 0.805. The molecule has 8 heteroatoms. The maximum absolute atomic E-state index is 13.4. The first-order chi connectivity index (χ1) is 16.0. The van der Waals surface area contributed by atoms with Gasteiger partial charge in [-0.2, -0.15) is 4.31 Å². The molecule has 0 bridgehead atoms. The highest BCUT2D eigenvalue weighted by Crippen LogP contribution is 2.25. The number of hydrogen-bond donors (Lipinski definition) is 0. The second kappa shape index (κ2) is 11.7. The van der Waals surface area contributed by atoms with Gasteiger partial charge in [0, 0.05) is 31.3 Å². The summed E-state index contributed by atoms with van der Waals surface area (Å²) in [6.07, 6.45) is 5.61. The molecule has 2 saturated heterocycles. The summed E-state index contributed by atoms with van der Waals surface area (Å²) in [7, 11) is -3.71. The Morgan fingerprint density at radius 1 is 1.06 bits per heavy atom. The number of sulfonamides is 1. The van der Waals surface area contributed by atoms with Crippen molar-refractivity contribution < 1.29 is 17.9 Å². The third-order valence-corrected chi connectivity index (χ3v) is 8.32. The molecule has 6 nitrogen and oxygen atoms in total. The van der Waals surface area contributed by atoms with Gasteiger partial charge in [0.05, 0.1) is 11.0 Å². The van der Waals surface area contributed by atoms with E-state index >= 15 is 0 Å². The van der Waals surface area contributed by atoms with Crippen molar-refractivity contribution in [2.75, 3.05) is 39.4 Å². The number of hydrogen-bond acceptors (Lipinski definition) is 5. The van der Waals surface area contributed by atoms with Crippen LogP contribution in [0, 0.1) is 0 Å². The average molecular weight is 493 g/mol. The lowest BCUT2D eigenvalue weighted by atomic mass is 10.1. The molecule has 0 N–H and O–H groups in total. The molecule has 0 aromatic heterocycles. The molecule has 2 aromatic rings. The molecule has 2 heterocycles. The molecule has 0 radical (unpaired) electrons. The van der Waals surface area contributed by atoms with E-state index in [0.29, 0.717) is 24.8 Å². The Kier molecular flexibility index (Phi) is 8.66. The van der Waals surface area contributed by atoms with Crippen molar-refractivity contribution in [3.8, 4) is 5.75 Å². The molecule has 180 valence electrons. The Labute approximate surface area is 202 Å². The van der Waals surface area contributed by atoms with Crippen LogP contribution < -0.4 is 4.74 Å². The molecule has 2 aliphatic rings. The molecule has 1 atom stereocenters. The minimum absolute atomic E-state index is 0.0867. The Bertz CT molecular complexity index is 988. The lowest BCUT2D eigenvalue weighted by Gasteiger charge is -2.26. The monoisotopic (exact) mass is 492 g/mol. The van der Waals surface area contributed by atoms with Crippen LogP contribution in [0.4, 0.5) is 0 Å². The lowest BCUT2D eigenvalue weighted by Crippen LogP contribution is -2.37. The van der Waals surface area contributed by atoms with Crippen molar-refractivity contribution in [1.82, 2.24) is 9.21 Å². The molecular weight excluding hydrogens is 460 g/mol. The van der Waals surface area contributed by atoms with E-state index in [4.69, 9.17) is 21.1 Å². The van der Waals surface area contributed by atoms with Crippen molar-refractivity contribution >= 4 is 21.6 Å². The molecule has 0 amide bonds. The number of ether oxygens (including phenoxy) is 2. The summed E-state index contributed by atoms with van der Waals surface area (Å²) in [6, 6.07) is 14.1. The topological polar surface area (TPSA) is 59.1 Å². The molecule has 0 saturated carbocycles. The van der Waals surface area contributed by atoms with Crippen LogP contribution in [0.25, 0.3) is 0 Å². The van der Waals surface area contributed by atoms with E-state index in [9.17, 15) is 8.42 Å². The SMILES string of the molecule is O=S(=O)(c1cccc(Cl)c1)N(Cc1ccc(OCCN2CCCCC2)cc1)CC1CCCO1. The van der Waals surface area contributed by atoms with Crippen LogP contribution in [-0.2, 0) is 21.3 Å². The molecule has 4 rings (SSSR count). The van der Waals surface area contributed by atoms with Crippen molar-refractivity contribution in [2.45, 2.75) is 49.6 Å². The van der Waals surface area contributed by atoms with Crippen LogP contribution in [0.3, 0.4) is 0 Å². The molecule has 2 aliphatic heterocycles. The zero-order valence-corrected chi connectivity index (χ0v) is 20.6. The highest BCUT2D eigenvalue weighted by Gasteiger charge is 2.29. The van der Waals surface area contributed by atoms with Crippen LogP contribution in [0.5, 0.6) is 5.75 Å². The van der Waals surface area contributed by atoms with Gasteiger partial charge in [0.1, 0.15) is 12.4 Å².